The third-order valence-electron chi connectivity index (χ3n) is 2.53. The summed E-state index contributed by atoms with van der Waals surface area (Å²) >= 11 is 0. The van der Waals surface area contributed by atoms with E-state index in [1.54, 1.807) is 13.8 Å². The van der Waals surface area contributed by atoms with Crippen LogP contribution in [0.25, 0.3) is 0 Å². The molecular weight excluding hydrogens is 303 g/mol. The highest BCUT2D eigenvalue weighted by molar-refractivity contribution is 4.98. The summed E-state index contributed by atoms with van der Waals surface area (Å²) in [7, 11) is 0. The summed E-state index contributed by atoms with van der Waals surface area (Å²) in [4.78, 5) is 0. The van der Waals surface area contributed by atoms with Crippen molar-refractivity contribution in [3.63, 3.8) is 0 Å². The lowest BCUT2D eigenvalue weighted by molar-refractivity contribution is -0.191. The summed E-state index contributed by atoms with van der Waals surface area (Å²) < 4.78 is 79.0. The Bertz CT molecular complexity index is 444. The van der Waals surface area contributed by atoms with Crippen molar-refractivity contribution < 1.29 is 40.9 Å². The van der Waals surface area contributed by atoms with E-state index in [-0.39, 0.29) is 5.76 Å². The molecule has 1 saturated heterocycles. The van der Waals surface area contributed by atoms with Gasteiger partial charge in [0.25, 0.3) is 0 Å². The van der Waals surface area contributed by atoms with Gasteiger partial charge in [-0.25, -0.2) is 0 Å². The Balaban J connectivity index is 0.000000219. The number of hydrogen-bond acceptors (Lipinski definition) is 4. The van der Waals surface area contributed by atoms with Crippen molar-refractivity contribution in [2.45, 2.75) is 52.1 Å². The van der Waals surface area contributed by atoms with Gasteiger partial charge in [-0.15, -0.1) is 0 Å². The Hall–Kier alpha value is -1.67. The van der Waals surface area contributed by atoms with E-state index in [0.29, 0.717) is 13.8 Å². The number of rotatable bonds is 0. The minimum atomic E-state index is -2.88. The number of ether oxygens (including phenoxy) is 4. The molecule has 2 atom stereocenters. The van der Waals surface area contributed by atoms with Crippen molar-refractivity contribution in [3.8, 4) is 0 Å². The van der Waals surface area contributed by atoms with Gasteiger partial charge in [-0.3, -0.25) is 0 Å². The van der Waals surface area contributed by atoms with Crippen LogP contribution in [0.15, 0.2) is 23.8 Å². The number of halogens is 5. The van der Waals surface area contributed by atoms with Crippen LogP contribution in [-0.2, 0) is 18.9 Å². The number of allylic oxidation sites excluding steroid dienone is 1. The second-order valence-corrected chi connectivity index (χ2v) is 5.02. The van der Waals surface area contributed by atoms with Gasteiger partial charge in [-0.05, 0) is 6.92 Å². The Kier molecular flexibility index (Phi) is 4.36. The number of hydrogen-bond donors (Lipinski definition) is 0. The van der Waals surface area contributed by atoms with E-state index in [0.717, 1.165) is 0 Å². The predicted molar refractivity (Wildman–Crippen MR) is 60.5 cm³/mol. The second kappa shape index (κ2) is 5.27. The van der Waals surface area contributed by atoms with Gasteiger partial charge in [0.2, 0.25) is 5.79 Å². The standard InChI is InChI=1S/C6H6F4O2.C6H9FO2/c1-5(9)6(2,10)12-4(11-5)3(7)8;1-4-5(7)9-6(2,3)8-4/h1-2H3;1-3H3. The van der Waals surface area contributed by atoms with Crippen molar-refractivity contribution in [2.24, 2.45) is 0 Å². The molecule has 2 aliphatic rings. The first kappa shape index (κ1) is 17.4. The van der Waals surface area contributed by atoms with E-state index < -0.39 is 35.5 Å². The fourth-order valence-electron chi connectivity index (χ4n) is 1.35. The van der Waals surface area contributed by atoms with Crippen molar-refractivity contribution in [1.82, 2.24) is 0 Å². The number of alkyl halides is 2. The van der Waals surface area contributed by atoms with E-state index in [2.05, 4.69) is 14.2 Å². The molecule has 0 aromatic heterocycles. The Morgan fingerprint density at radius 2 is 1.29 bits per heavy atom. The molecular formula is C12H15F5O4. The van der Waals surface area contributed by atoms with E-state index in [1.807, 2.05) is 0 Å². The van der Waals surface area contributed by atoms with E-state index in [4.69, 9.17) is 4.74 Å². The van der Waals surface area contributed by atoms with Gasteiger partial charge in [-0.1, -0.05) is 0 Å². The lowest BCUT2D eigenvalue weighted by Crippen LogP contribution is -2.39. The second-order valence-electron chi connectivity index (χ2n) is 5.02. The third-order valence-corrected chi connectivity index (χ3v) is 2.53. The zero-order valence-corrected chi connectivity index (χ0v) is 12.0. The molecule has 0 saturated carbocycles. The fraction of sp³-hybridized carbons (Fsp3) is 0.667. The monoisotopic (exact) mass is 318 g/mol. The molecule has 0 N–H and O–H groups in total. The largest absolute Gasteiger partial charge is 0.451 e. The first-order chi connectivity index (χ1) is 9.27. The zero-order chi connectivity index (χ0) is 16.6. The molecule has 122 valence electrons. The van der Waals surface area contributed by atoms with Gasteiger partial charge in [0.15, 0.2) is 5.76 Å². The van der Waals surface area contributed by atoms with E-state index in [1.165, 1.54) is 6.92 Å². The molecule has 0 spiro atoms. The topological polar surface area (TPSA) is 36.9 Å². The van der Waals surface area contributed by atoms with Gasteiger partial charge in [-0.2, -0.15) is 22.0 Å². The molecule has 0 radical (unpaired) electrons. The molecule has 2 heterocycles. The van der Waals surface area contributed by atoms with Gasteiger partial charge in [0, 0.05) is 27.7 Å². The summed E-state index contributed by atoms with van der Waals surface area (Å²) in [5, 5.41) is 0. The smallest absolute Gasteiger partial charge is 0.353 e. The van der Waals surface area contributed by atoms with Crippen LogP contribution in [0.5, 0.6) is 0 Å². The van der Waals surface area contributed by atoms with Crippen LogP contribution >= 0.6 is 0 Å². The molecule has 0 aromatic rings. The van der Waals surface area contributed by atoms with E-state index in [9.17, 15) is 22.0 Å². The van der Waals surface area contributed by atoms with Crippen LogP contribution in [0.2, 0.25) is 0 Å². The van der Waals surface area contributed by atoms with Crippen LogP contribution in [0.4, 0.5) is 22.0 Å². The average molecular weight is 318 g/mol. The Labute approximate surface area is 118 Å². The van der Waals surface area contributed by atoms with Gasteiger partial charge in [0.05, 0.1) is 0 Å². The maximum Gasteiger partial charge on any atom is 0.353 e. The zero-order valence-electron chi connectivity index (χ0n) is 12.0. The van der Waals surface area contributed by atoms with Gasteiger partial charge >= 0.3 is 29.7 Å². The lowest BCUT2D eigenvalue weighted by Gasteiger charge is -2.20. The SMILES string of the molecule is CC1(F)OC(=C(F)F)OC1(C)F.CC1=C(F)OC(C)(C)O1. The molecule has 0 amide bonds. The third kappa shape index (κ3) is 3.92. The molecule has 4 nitrogen and oxygen atoms in total. The first-order valence-electron chi connectivity index (χ1n) is 5.83. The maximum absolute atomic E-state index is 12.9. The summed E-state index contributed by atoms with van der Waals surface area (Å²) in [6.07, 6.45) is -2.39. The summed E-state index contributed by atoms with van der Waals surface area (Å²) in [6.45, 7) is 6.18. The van der Waals surface area contributed by atoms with Gasteiger partial charge in [0.1, 0.15) is 0 Å². The molecule has 2 rings (SSSR count). The normalized spacial score (nSPS) is 33.3. The van der Waals surface area contributed by atoms with Crippen molar-refractivity contribution in [1.29, 1.82) is 0 Å². The highest BCUT2D eigenvalue weighted by atomic mass is 19.3. The quantitative estimate of drug-likeness (QED) is 0.620. The van der Waals surface area contributed by atoms with Gasteiger partial charge < -0.3 is 18.9 Å². The molecule has 0 aliphatic carbocycles. The highest BCUT2D eigenvalue weighted by Gasteiger charge is 2.59. The van der Waals surface area contributed by atoms with Crippen LogP contribution in [0.3, 0.4) is 0 Å². The molecule has 9 heteroatoms. The van der Waals surface area contributed by atoms with Crippen LogP contribution in [0.1, 0.15) is 34.6 Å². The molecule has 2 aliphatic heterocycles. The summed E-state index contributed by atoms with van der Waals surface area (Å²) in [5.74, 6) is -7.75. The predicted octanol–water partition coefficient (Wildman–Crippen LogP) is 4.40. The fourth-order valence-corrected chi connectivity index (χ4v) is 1.35. The van der Waals surface area contributed by atoms with Crippen molar-refractivity contribution in [3.05, 3.63) is 23.8 Å². The Morgan fingerprint density at radius 1 is 0.857 bits per heavy atom. The van der Waals surface area contributed by atoms with Crippen LogP contribution in [-0.4, -0.2) is 17.5 Å². The van der Waals surface area contributed by atoms with Crippen molar-refractivity contribution >= 4 is 0 Å². The Morgan fingerprint density at radius 3 is 1.43 bits per heavy atom. The molecule has 0 bridgehead atoms. The average Bonchev–Trinajstić information content (AvgIpc) is 2.61. The minimum absolute atomic E-state index is 0.222. The van der Waals surface area contributed by atoms with Crippen LogP contribution in [0, 0.1) is 0 Å². The highest BCUT2D eigenvalue weighted by Crippen LogP contribution is 2.44. The molecule has 21 heavy (non-hydrogen) atoms. The summed E-state index contributed by atoms with van der Waals surface area (Å²) in [5.41, 5.74) is 0. The maximum atomic E-state index is 12.9. The first-order valence-corrected chi connectivity index (χ1v) is 5.83. The van der Waals surface area contributed by atoms with Crippen molar-refractivity contribution in [2.75, 3.05) is 0 Å². The van der Waals surface area contributed by atoms with Crippen LogP contribution < -0.4 is 0 Å². The molecule has 1 fully saturated rings. The van der Waals surface area contributed by atoms with E-state index >= 15 is 0 Å². The minimum Gasteiger partial charge on any atom is -0.451 e. The molecule has 0 aromatic carbocycles. The molecule has 2 unspecified atom stereocenters. The lowest BCUT2D eigenvalue weighted by atomic mass is 10.2. The summed E-state index contributed by atoms with van der Waals surface area (Å²) in [6, 6.07) is -0.611.